The molecule has 0 aromatic carbocycles. The molecule has 1 saturated heterocycles. The average molecular weight is 244 g/mol. The van der Waals surface area contributed by atoms with Crippen LogP contribution in [0, 0.1) is 0 Å². The summed E-state index contributed by atoms with van der Waals surface area (Å²) in [5.74, 6) is 0. The first-order chi connectivity index (χ1) is 8.33. The van der Waals surface area contributed by atoms with Crippen LogP contribution in [0.2, 0.25) is 0 Å². The van der Waals surface area contributed by atoms with E-state index in [0.29, 0.717) is 6.04 Å². The van der Waals surface area contributed by atoms with E-state index in [0.717, 1.165) is 32.8 Å². The lowest BCUT2D eigenvalue weighted by molar-refractivity contribution is 0.102. The molecule has 0 amide bonds. The molecule has 4 nitrogen and oxygen atoms in total. The Hall–Kier alpha value is -0.160. The van der Waals surface area contributed by atoms with Gasteiger partial charge in [0.15, 0.2) is 0 Å². The Morgan fingerprint density at radius 2 is 1.94 bits per heavy atom. The summed E-state index contributed by atoms with van der Waals surface area (Å²) in [4.78, 5) is 2.54. The number of likely N-dealkylation sites (tertiary alicyclic amines) is 1. The highest BCUT2D eigenvalue weighted by Gasteiger charge is 2.13. The average Bonchev–Trinajstić information content (AvgIpc) is 2.80. The zero-order valence-electron chi connectivity index (χ0n) is 11.4. The van der Waals surface area contributed by atoms with Gasteiger partial charge >= 0.3 is 0 Å². The van der Waals surface area contributed by atoms with Gasteiger partial charge in [-0.15, -0.1) is 0 Å². The van der Waals surface area contributed by atoms with Gasteiger partial charge in [-0.3, -0.25) is 0 Å². The molecule has 0 bridgehead atoms. The highest BCUT2D eigenvalue weighted by Crippen LogP contribution is 2.07. The lowest BCUT2D eigenvalue weighted by Gasteiger charge is -2.21. The van der Waals surface area contributed by atoms with Crippen molar-refractivity contribution in [1.82, 2.24) is 10.2 Å². The molecule has 0 radical (unpaired) electrons. The van der Waals surface area contributed by atoms with E-state index in [9.17, 15) is 0 Å². The maximum Gasteiger partial charge on any atom is 0.0591 e. The van der Waals surface area contributed by atoms with Crippen molar-refractivity contribution < 1.29 is 9.47 Å². The fourth-order valence-electron chi connectivity index (χ4n) is 2.20. The van der Waals surface area contributed by atoms with Gasteiger partial charge < -0.3 is 19.7 Å². The number of hydrogen-bond donors (Lipinski definition) is 1. The molecule has 1 N–H and O–H groups in total. The van der Waals surface area contributed by atoms with E-state index in [4.69, 9.17) is 9.47 Å². The lowest BCUT2D eigenvalue weighted by atomic mass is 10.3. The second kappa shape index (κ2) is 9.83. The topological polar surface area (TPSA) is 33.7 Å². The summed E-state index contributed by atoms with van der Waals surface area (Å²) in [6, 6.07) is 0.565. The fourth-order valence-corrected chi connectivity index (χ4v) is 2.20. The third-order valence-electron chi connectivity index (χ3n) is 3.11. The van der Waals surface area contributed by atoms with Crippen molar-refractivity contribution in [2.75, 3.05) is 53.1 Å². The molecule has 1 aliphatic rings. The van der Waals surface area contributed by atoms with Gasteiger partial charge in [-0.1, -0.05) is 0 Å². The van der Waals surface area contributed by atoms with Crippen molar-refractivity contribution >= 4 is 0 Å². The van der Waals surface area contributed by atoms with Crippen LogP contribution in [-0.2, 0) is 9.47 Å². The maximum absolute atomic E-state index is 5.50. The number of ether oxygens (including phenoxy) is 2. The molecule has 0 aromatic rings. The SMILES string of the molecule is COCCCOCCNC(C)CN1CCCC1. The van der Waals surface area contributed by atoms with Crippen molar-refractivity contribution in [2.24, 2.45) is 0 Å². The molecule has 17 heavy (non-hydrogen) atoms. The van der Waals surface area contributed by atoms with Crippen LogP contribution in [0.15, 0.2) is 0 Å². The van der Waals surface area contributed by atoms with Crippen LogP contribution in [0.1, 0.15) is 26.2 Å². The largest absolute Gasteiger partial charge is 0.385 e. The summed E-state index contributed by atoms with van der Waals surface area (Å²) in [6.07, 6.45) is 3.73. The highest BCUT2D eigenvalue weighted by atomic mass is 16.5. The Bertz CT molecular complexity index is 173. The van der Waals surface area contributed by atoms with Gasteiger partial charge in [0.25, 0.3) is 0 Å². The molecule has 0 saturated carbocycles. The predicted molar refractivity (Wildman–Crippen MR) is 70.5 cm³/mol. The fraction of sp³-hybridized carbons (Fsp3) is 1.00. The molecule has 0 aliphatic carbocycles. The van der Waals surface area contributed by atoms with Crippen LogP contribution in [0.4, 0.5) is 0 Å². The van der Waals surface area contributed by atoms with Crippen LogP contribution in [-0.4, -0.2) is 64.1 Å². The van der Waals surface area contributed by atoms with Crippen molar-refractivity contribution in [3.05, 3.63) is 0 Å². The van der Waals surface area contributed by atoms with Gasteiger partial charge in [-0.25, -0.2) is 0 Å². The zero-order valence-corrected chi connectivity index (χ0v) is 11.4. The van der Waals surface area contributed by atoms with E-state index in [1.807, 2.05) is 0 Å². The van der Waals surface area contributed by atoms with E-state index in [2.05, 4.69) is 17.1 Å². The lowest BCUT2D eigenvalue weighted by Crippen LogP contribution is -2.39. The van der Waals surface area contributed by atoms with Crippen molar-refractivity contribution in [3.8, 4) is 0 Å². The first-order valence-electron chi connectivity index (χ1n) is 6.85. The molecular weight excluding hydrogens is 216 g/mol. The summed E-state index contributed by atoms with van der Waals surface area (Å²) in [5.41, 5.74) is 0. The van der Waals surface area contributed by atoms with E-state index >= 15 is 0 Å². The van der Waals surface area contributed by atoms with Crippen LogP contribution >= 0.6 is 0 Å². The molecular formula is C13H28N2O2. The highest BCUT2D eigenvalue weighted by molar-refractivity contribution is 4.72. The predicted octanol–water partition coefficient (Wildman–Crippen LogP) is 1.11. The minimum absolute atomic E-state index is 0.565. The minimum Gasteiger partial charge on any atom is -0.385 e. The van der Waals surface area contributed by atoms with E-state index in [-0.39, 0.29) is 0 Å². The van der Waals surface area contributed by atoms with Crippen molar-refractivity contribution in [2.45, 2.75) is 32.2 Å². The monoisotopic (exact) mass is 244 g/mol. The molecule has 0 aromatic heterocycles. The van der Waals surface area contributed by atoms with Gasteiger partial charge in [0.05, 0.1) is 6.61 Å². The van der Waals surface area contributed by atoms with Gasteiger partial charge in [-0.2, -0.15) is 0 Å². The van der Waals surface area contributed by atoms with Crippen LogP contribution in [0.5, 0.6) is 0 Å². The summed E-state index contributed by atoms with van der Waals surface area (Å²) < 4.78 is 10.5. The smallest absolute Gasteiger partial charge is 0.0591 e. The molecule has 0 spiro atoms. The molecule has 1 aliphatic heterocycles. The first kappa shape index (κ1) is 14.9. The van der Waals surface area contributed by atoms with Crippen molar-refractivity contribution in [3.63, 3.8) is 0 Å². The summed E-state index contributed by atoms with van der Waals surface area (Å²) in [7, 11) is 1.72. The zero-order chi connectivity index (χ0) is 12.3. The maximum atomic E-state index is 5.50. The van der Waals surface area contributed by atoms with Crippen molar-refractivity contribution in [1.29, 1.82) is 0 Å². The quantitative estimate of drug-likeness (QED) is 0.584. The van der Waals surface area contributed by atoms with Crippen LogP contribution < -0.4 is 5.32 Å². The number of nitrogens with zero attached hydrogens (tertiary/aromatic N) is 1. The van der Waals surface area contributed by atoms with E-state index < -0.39 is 0 Å². The van der Waals surface area contributed by atoms with Crippen LogP contribution in [0.25, 0.3) is 0 Å². The second-order valence-corrected chi connectivity index (χ2v) is 4.82. The Labute approximate surface area is 106 Å². The molecule has 1 atom stereocenters. The molecule has 1 rings (SSSR count). The Morgan fingerprint density at radius 1 is 1.18 bits per heavy atom. The summed E-state index contributed by atoms with van der Waals surface area (Å²) >= 11 is 0. The van der Waals surface area contributed by atoms with Crippen LogP contribution in [0.3, 0.4) is 0 Å². The molecule has 102 valence electrons. The number of hydrogen-bond acceptors (Lipinski definition) is 4. The summed E-state index contributed by atoms with van der Waals surface area (Å²) in [5, 5.41) is 3.50. The molecule has 1 heterocycles. The Kier molecular flexibility index (Phi) is 8.61. The number of rotatable bonds is 10. The van der Waals surface area contributed by atoms with Gasteiger partial charge in [-0.05, 0) is 39.3 Å². The summed E-state index contributed by atoms with van der Waals surface area (Å²) in [6.45, 7) is 9.32. The number of methoxy groups -OCH3 is 1. The third kappa shape index (κ3) is 7.71. The van der Waals surface area contributed by atoms with Gasteiger partial charge in [0.2, 0.25) is 0 Å². The van der Waals surface area contributed by atoms with Gasteiger partial charge in [0, 0.05) is 39.5 Å². The normalized spacial score (nSPS) is 18.7. The standard InChI is InChI=1S/C13H28N2O2/c1-13(12-15-7-3-4-8-15)14-6-11-17-10-5-9-16-2/h13-14H,3-12H2,1-2H3. The molecule has 1 fully saturated rings. The Balaban J connectivity index is 1.84. The van der Waals surface area contributed by atoms with E-state index in [1.165, 1.54) is 32.5 Å². The number of nitrogens with one attached hydrogen (secondary N) is 1. The Morgan fingerprint density at radius 3 is 2.65 bits per heavy atom. The van der Waals surface area contributed by atoms with Gasteiger partial charge in [0.1, 0.15) is 0 Å². The first-order valence-corrected chi connectivity index (χ1v) is 6.85. The molecule has 1 unspecified atom stereocenters. The molecule has 4 heteroatoms. The third-order valence-corrected chi connectivity index (χ3v) is 3.11. The minimum atomic E-state index is 0.565. The van der Waals surface area contributed by atoms with E-state index in [1.54, 1.807) is 7.11 Å². The second-order valence-electron chi connectivity index (χ2n) is 4.82.